The van der Waals surface area contributed by atoms with Crippen LogP contribution in [0.3, 0.4) is 0 Å². The number of carbonyl (C=O) groups excluding carboxylic acids is 4. The number of hydrogen-bond acceptors (Lipinski definition) is 4. The lowest BCUT2D eigenvalue weighted by Crippen LogP contribution is -2.41. The van der Waals surface area contributed by atoms with E-state index in [2.05, 4.69) is 128 Å². The van der Waals surface area contributed by atoms with E-state index in [4.69, 9.17) is 0 Å². The van der Waals surface area contributed by atoms with Crippen molar-refractivity contribution in [3.05, 3.63) is 202 Å². The van der Waals surface area contributed by atoms with E-state index in [0.717, 1.165) is 98.4 Å². The van der Waals surface area contributed by atoms with E-state index >= 15 is 19.2 Å². The predicted molar refractivity (Wildman–Crippen MR) is 305 cm³/mol. The highest BCUT2D eigenvalue weighted by atomic mass is 16.2. The van der Waals surface area contributed by atoms with Crippen LogP contribution in [0, 0.1) is 0 Å². The molecule has 4 amide bonds. The van der Waals surface area contributed by atoms with Gasteiger partial charge in [0.05, 0.1) is 11.4 Å². The first-order valence-electron chi connectivity index (χ1n) is 26.0. The number of imide groups is 2. The van der Waals surface area contributed by atoms with Crippen LogP contribution in [0.25, 0.3) is 86.9 Å². The highest BCUT2D eigenvalue weighted by Gasteiger charge is 2.41. The molecule has 74 heavy (non-hydrogen) atoms. The number of amides is 4. The summed E-state index contributed by atoms with van der Waals surface area (Å²) in [6.45, 7) is 17.1. The smallest absolute Gasteiger partial charge is 0.266 e. The molecular formula is C68H54N2O4. The average molecular weight is 963 g/mol. The first-order valence-corrected chi connectivity index (χ1v) is 26.0. The lowest BCUT2D eigenvalue weighted by Gasteiger charge is -2.34. The molecule has 0 spiro atoms. The molecule has 13 rings (SSSR count). The van der Waals surface area contributed by atoms with Crippen LogP contribution in [0.4, 0.5) is 11.4 Å². The van der Waals surface area contributed by atoms with Gasteiger partial charge < -0.3 is 0 Å². The molecule has 11 aromatic rings. The van der Waals surface area contributed by atoms with Gasteiger partial charge >= 0.3 is 0 Å². The molecule has 6 nitrogen and oxygen atoms in total. The number of anilines is 2. The van der Waals surface area contributed by atoms with Gasteiger partial charge in [-0.25, -0.2) is 9.80 Å². The molecule has 0 fully saturated rings. The van der Waals surface area contributed by atoms with Crippen molar-refractivity contribution in [3.8, 4) is 22.3 Å². The molecule has 6 heteroatoms. The second kappa shape index (κ2) is 16.5. The van der Waals surface area contributed by atoms with Crippen molar-refractivity contribution in [2.45, 2.75) is 79.1 Å². The third kappa shape index (κ3) is 6.24. The third-order valence-electron chi connectivity index (χ3n) is 16.1. The molecule has 0 saturated heterocycles. The van der Waals surface area contributed by atoms with Gasteiger partial charge in [-0.2, -0.15) is 0 Å². The Balaban J connectivity index is 1.21. The highest BCUT2D eigenvalue weighted by molar-refractivity contribution is 6.48. The first kappa shape index (κ1) is 45.4. The van der Waals surface area contributed by atoms with Gasteiger partial charge in [-0.3, -0.25) is 19.2 Å². The fraction of sp³-hybridized carbons (Fsp3) is 0.176. The van der Waals surface area contributed by atoms with Crippen LogP contribution in [-0.2, 0) is 0 Å². The zero-order valence-electron chi connectivity index (χ0n) is 42.8. The molecule has 0 bridgehead atoms. The van der Waals surface area contributed by atoms with Crippen molar-refractivity contribution in [2.75, 3.05) is 9.80 Å². The van der Waals surface area contributed by atoms with Crippen molar-refractivity contribution < 1.29 is 19.2 Å². The van der Waals surface area contributed by atoms with E-state index in [1.807, 2.05) is 84.9 Å². The average Bonchev–Trinajstić information content (AvgIpc) is 3.41. The molecule has 360 valence electrons. The monoisotopic (exact) mass is 962 g/mol. The lowest BCUT2D eigenvalue weighted by molar-refractivity contribution is 0.0877. The number of carbonyl (C=O) groups is 4. The maximum atomic E-state index is 15.8. The Hall–Kier alpha value is -8.48. The van der Waals surface area contributed by atoms with Gasteiger partial charge in [0.15, 0.2) is 0 Å². The predicted octanol–water partition coefficient (Wildman–Crippen LogP) is 17.5. The minimum absolute atomic E-state index is 0.0339. The van der Waals surface area contributed by atoms with Gasteiger partial charge in [-0.1, -0.05) is 177 Å². The summed E-state index contributed by atoms with van der Waals surface area (Å²) in [5.41, 5.74) is 10.7. The van der Waals surface area contributed by atoms with Gasteiger partial charge in [0.1, 0.15) is 0 Å². The molecule has 0 atom stereocenters. The Morgan fingerprint density at radius 1 is 0.284 bits per heavy atom. The van der Waals surface area contributed by atoms with Crippen LogP contribution in [0.5, 0.6) is 0 Å². The van der Waals surface area contributed by atoms with Crippen LogP contribution in [0.2, 0.25) is 0 Å². The van der Waals surface area contributed by atoms with E-state index in [1.54, 1.807) is 0 Å². The number of nitrogens with zero attached hydrogens (tertiary/aromatic N) is 2. The van der Waals surface area contributed by atoms with Gasteiger partial charge in [-0.05, 0) is 158 Å². The fourth-order valence-corrected chi connectivity index (χ4v) is 13.0. The zero-order chi connectivity index (χ0) is 51.2. The molecule has 11 aromatic carbocycles. The van der Waals surface area contributed by atoms with Crippen LogP contribution in [-0.4, -0.2) is 23.6 Å². The molecule has 0 aliphatic carbocycles. The largest absolute Gasteiger partial charge is 0.268 e. The summed E-state index contributed by atoms with van der Waals surface area (Å²) in [6, 6.07) is 52.9. The Labute approximate surface area is 430 Å². The van der Waals surface area contributed by atoms with Crippen molar-refractivity contribution >= 4 is 99.6 Å². The quantitative estimate of drug-likeness (QED) is 0.0864. The summed E-state index contributed by atoms with van der Waals surface area (Å²) in [5.74, 6) is -1.09. The standard InChI is InChI=1S/C68H54N2O4/c1-35(2)41-23-15-27-55(57(41)37(5)6)69-65(71)49-31-29-47-60-52(46-26-14-20-40-18-10-12-22-44(40)46)34-54-62-50(66(72)70(68(54)74)56-28-16-24-42(36(3)4)58(56)38(7)8)32-30-48(64(60)62)59-51(33-53(67(69)73)61(49)63(47)59)45-25-13-19-39-17-9-11-21-43(39)45/h9-38H,1-8H3. The molecule has 2 aliphatic heterocycles. The van der Waals surface area contributed by atoms with E-state index < -0.39 is 0 Å². The van der Waals surface area contributed by atoms with E-state index in [0.29, 0.717) is 44.4 Å². The molecule has 0 aromatic heterocycles. The first-order chi connectivity index (χ1) is 35.8. The lowest BCUT2D eigenvalue weighted by atomic mass is 9.77. The molecule has 2 heterocycles. The number of hydrogen-bond donors (Lipinski definition) is 0. The molecule has 0 radical (unpaired) electrons. The number of benzene rings is 11. The van der Waals surface area contributed by atoms with Gasteiger partial charge in [0, 0.05) is 33.0 Å². The third-order valence-corrected chi connectivity index (χ3v) is 16.1. The summed E-state index contributed by atoms with van der Waals surface area (Å²) in [5, 5.41) is 10.3. The molecule has 2 aliphatic rings. The maximum absolute atomic E-state index is 15.8. The summed E-state index contributed by atoms with van der Waals surface area (Å²) < 4.78 is 0. The second-order valence-corrected chi connectivity index (χ2v) is 21.6. The van der Waals surface area contributed by atoms with Gasteiger partial charge in [0.25, 0.3) is 23.6 Å². The summed E-state index contributed by atoms with van der Waals surface area (Å²) in [6.07, 6.45) is 0. The van der Waals surface area contributed by atoms with Crippen LogP contribution in [0.15, 0.2) is 158 Å². The van der Waals surface area contributed by atoms with Crippen LogP contribution in [0.1, 0.15) is 143 Å². The minimum atomic E-state index is -0.376. The van der Waals surface area contributed by atoms with Gasteiger partial charge in [0.2, 0.25) is 0 Å². The van der Waals surface area contributed by atoms with Crippen molar-refractivity contribution in [1.29, 1.82) is 0 Å². The summed E-state index contributed by atoms with van der Waals surface area (Å²) in [4.78, 5) is 65.5. The van der Waals surface area contributed by atoms with Crippen LogP contribution >= 0.6 is 0 Å². The zero-order valence-corrected chi connectivity index (χ0v) is 42.8. The van der Waals surface area contributed by atoms with E-state index in [1.165, 1.54) is 9.80 Å². The van der Waals surface area contributed by atoms with E-state index in [-0.39, 0.29) is 47.3 Å². The van der Waals surface area contributed by atoms with E-state index in [9.17, 15) is 0 Å². The topological polar surface area (TPSA) is 74.8 Å². The normalized spacial score (nSPS) is 13.9. The molecule has 0 unspecified atom stereocenters. The molecule has 0 N–H and O–H groups in total. The number of rotatable bonds is 8. The highest BCUT2D eigenvalue weighted by Crippen LogP contribution is 2.54. The Morgan fingerprint density at radius 3 is 1.04 bits per heavy atom. The second-order valence-electron chi connectivity index (χ2n) is 21.6. The minimum Gasteiger partial charge on any atom is -0.268 e. The molecule has 0 saturated carbocycles. The SMILES string of the molecule is CC(C)c1cccc(N2C(=O)c3ccc4c5c(-c6cccc7ccccc67)cc6c7c(ccc(c8c(-c9cccc%10ccccc9%10)cc(c3c48)C2=O)c75)C(=O)N(c2cccc(C(C)C)c2C(C)C)C6=O)c1C(C)C. The molecular weight excluding hydrogens is 909 g/mol. The summed E-state index contributed by atoms with van der Waals surface area (Å²) >= 11 is 0. The summed E-state index contributed by atoms with van der Waals surface area (Å²) in [7, 11) is 0. The Kier molecular flexibility index (Phi) is 10.1. The van der Waals surface area contributed by atoms with Gasteiger partial charge in [-0.15, -0.1) is 0 Å². The number of fused-ring (bicyclic) bond motifs is 4. The van der Waals surface area contributed by atoms with Crippen molar-refractivity contribution in [1.82, 2.24) is 0 Å². The van der Waals surface area contributed by atoms with Crippen molar-refractivity contribution in [3.63, 3.8) is 0 Å². The van der Waals surface area contributed by atoms with Crippen molar-refractivity contribution in [2.24, 2.45) is 0 Å². The maximum Gasteiger partial charge on any atom is 0.266 e. The Bertz CT molecular complexity index is 4020. The fourth-order valence-electron chi connectivity index (χ4n) is 13.0. The Morgan fingerprint density at radius 2 is 0.649 bits per heavy atom. The van der Waals surface area contributed by atoms with Crippen LogP contribution < -0.4 is 9.80 Å².